The number of aryl methyl sites for hydroxylation is 1. The van der Waals surface area contributed by atoms with Gasteiger partial charge in [-0.3, -0.25) is 9.59 Å². The summed E-state index contributed by atoms with van der Waals surface area (Å²) in [6.45, 7) is 0. The maximum atomic E-state index is 13.1. The molecule has 0 fully saturated rings. The number of rotatable bonds is 3. The lowest BCUT2D eigenvalue weighted by molar-refractivity contribution is -0.117. The van der Waals surface area contributed by atoms with Crippen LogP contribution < -0.4 is 10.6 Å². The summed E-state index contributed by atoms with van der Waals surface area (Å²) in [5.74, 6) is -2.30. The topological polar surface area (TPSA) is 58.2 Å². The van der Waals surface area contributed by atoms with Gasteiger partial charge >= 0.3 is 0 Å². The molecule has 23 heavy (non-hydrogen) atoms. The molecule has 2 amide bonds. The fraction of sp³-hybridized carbons (Fsp3) is 0.176. The molecule has 3 rings (SSSR count). The summed E-state index contributed by atoms with van der Waals surface area (Å²) >= 11 is 0. The SMILES string of the molecule is O=C(Cc1ccc2c(c1)CCC(=O)N2)Nc1ccc(F)c(F)c1. The molecular weight excluding hydrogens is 302 g/mol. The number of amides is 2. The Bertz CT molecular complexity index is 790. The predicted octanol–water partition coefficient (Wildman–Crippen LogP) is 3.03. The van der Waals surface area contributed by atoms with Crippen molar-refractivity contribution < 1.29 is 18.4 Å². The molecule has 118 valence electrons. The van der Waals surface area contributed by atoms with Gasteiger partial charge in [-0.1, -0.05) is 12.1 Å². The smallest absolute Gasteiger partial charge is 0.228 e. The maximum absolute atomic E-state index is 13.1. The number of benzene rings is 2. The fourth-order valence-electron chi connectivity index (χ4n) is 2.51. The molecule has 0 aromatic heterocycles. The van der Waals surface area contributed by atoms with Gasteiger partial charge in [0, 0.05) is 23.9 Å². The van der Waals surface area contributed by atoms with Gasteiger partial charge in [0.25, 0.3) is 0 Å². The van der Waals surface area contributed by atoms with Crippen LogP contribution in [0.15, 0.2) is 36.4 Å². The van der Waals surface area contributed by atoms with Crippen LogP contribution >= 0.6 is 0 Å². The van der Waals surface area contributed by atoms with Crippen LogP contribution in [0.5, 0.6) is 0 Å². The van der Waals surface area contributed by atoms with E-state index in [0.717, 1.165) is 28.9 Å². The Hall–Kier alpha value is -2.76. The van der Waals surface area contributed by atoms with Crippen molar-refractivity contribution >= 4 is 23.2 Å². The Morgan fingerprint density at radius 1 is 1.09 bits per heavy atom. The first-order chi connectivity index (χ1) is 11.0. The molecule has 2 aromatic rings. The standard InChI is InChI=1S/C17H14F2N2O2/c18-13-4-3-12(9-14(13)19)20-17(23)8-10-1-5-15-11(7-10)2-6-16(22)21-15/h1,3-5,7,9H,2,6,8H2,(H,20,23)(H,21,22). The van der Waals surface area contributed by atoms with Crippen LogP contribution in [-0.4, -0.2) is 11.8 Å². The van der Waals surface area contributed by atoms with Crippen molar-refractivity contribution in [1.29, 1.82) is 0 Å². The predicted molar refractivity (Wildman–Crippen MR) is 82.1 cm³/mol. The fourth-order valence-corrected chi connectivity index (χ4v) is 2.51. The minimum atomic E-state index is -1.01. The van der Waals surface area contributed by atoms with Gasteiger partial charge < -0.3 is 10.6 Å². The van der Waals surface area contributed by atoms with Gasteiger partial charge in [-0.15, -0.1) is 0 Å². The van der Waals surface area contributed by atoms with Crippen molar-refractivity contribution in [2.75, 3.05) is 10.6 Å². The molecule has 2 aromatic carbocycles. The van der Waals surface area contributed by atoms with E-state index in [9.17, 15) is 18.4 Å². The molecule has 0 bridgehead atoms. The van der Waals surface area contributed by atoms with E-state index in [1.807, 2.05) is 6.07 Å². The van der Waals surface area contributed by atoms with Crippen molar-refractivity contribution in [2.45, 2.75) is 19.3 Å². The highest BCUT2D eigenvalue weighted by molar-refractivity contribution is 5.95. The summed E-state index contributed by atoms with van der Waals surface area (Å²) in [7, 11) is 0. The molecule has 0 spiro atoms. The molecule has 1 aliphatic heterocycles. The zero-order valence-electron chi connectivity index (χ0n) is 12.2. The van der Waals surface area contributed by atoms with Gasteiger partial charge in [-0.05, 0) is 35.7 Å². The van der Waals surface area contributed by atoms with E-state index in [4.69, 9.17) is 0 Å². The lowest BCUT2D eigenvalue weighted by atomic mass is 9.99. The lowest BCUT2D eigenvalue weighted by Crippen LogP contribution is -2.19. The highest BCUT2D eigenvalue weighted by Gasteiger charge is 2.15. The zero-order valence-corrected chi connectivity index (χ0v) is 12.2. The molecule has 6 heteroatoms. The third kappa shape index (κ3) is 3.53. The molecular formula is C17H14F2N2O2. The minimum Gasteiger partial charge on any atom is -0.326 e. The van der Waals surface area contributed by atoms with Gasteiger partial charge in [-0.2, -0.15) is 0 Å². The number of carbonyl (C=O) groups excluding carboxylic acids is 2. The first-order valence-corrected chi connectivity index (χ1v) is 7.18. The summed E-state index contributed by atoms with van der Waals surface area (Å²) in [6, 6.07) is 8.61. The number of hydrogen-bond donors (Lipinski definition) is 2. The van der Waals surface area contributed by atoms with E-state index in [1.165, 1.54) is 6.07 Å². The van der Waals surface area contributed by atoms with Gasteiger partial charge in [0.2, 0.25) is 11.8 Å². The number of nitrogens with one attached hydrogen (secondary N) is 2. The van der Waals surface area contributed by atoms with Crippen molar-refractivity contribution in [3.63, 3.8) is 0 Å². The molecule has 0 atom stereocenters. The normalized spacial score (nSPS) is 13.2. The first-order valence-electron chi connectivity index (χ1n) is 7.18. The number of hydrogen-bond acceptors (Lipinski definition) is 2. The molecule has 0 saturated carbocycles. The summed E-state index contributed by atoms with van der Waals surface area (Å²) in [4.78, 5) is 23.3. The second-order valence-electron chi connectivity index (χ2n) is 5.39. The van der Waals surface area contributed by atoms with Gasteiger partial charge in [0.05, 0.1) is 6.42 Å². The molecule has 2 N–H and O–H groups in total. The summed E-state index contributed by atoms with van der Waals surface area (Å²) in [5.41, 5.74) is 2.76. The van der Waals surface area contributed by atoms with Crippen molar-refractivity contribution in [1.82, 2.24) is 0 Å². The van der Waals surface area contributed by atoms with Crippen LogP contribution in [0.25, 0.3) is 0 Å². The second kappa shape index (κ2) is 6.16. The second-order valence-corrected chi connectivity index (χ2v) is 5.39. The Morgan fingerprint density at radius 2 is 1.91 bits per heavy atom. The quantitative estimate of drug-likeness (QED) is 0.914. The average Bonchev–Trinajstić information content (AvgIpc) is 2.51. The molecule has 1 aliphatic rings. The van der Waals surface area contributed by atoms with Crippen LogP contribution in [0.4, 0.5) is 20.2 Å². The van der Waals surface area contributed by atoms with Crippen molar-refractivity contribution in [3.8, 4) is 0 Å². The third-order valence-electron chi connectivity index (χ3n) is 3.63. The van der Waals surface area contributed by atoms with E-state index < -0.39 is 11.6 Å². The van der Waals surface area contributed by atoms with E-state index in [1.54, 1.807) is 12.1 Å². The highest BCUT2D eigenvalue weighted by Crippen LogP contribution is 2.24. The van der Waals surface area contributed by atoms with Crippen LogP contribution in [-0.2, 0) is 22.4 Å². The average molecular weight is 316 g/mol. The van der Waals surface area contributed by atoms with E-state index >= 15 is 0 Å². The number of halogens is 2. The number of anilines is 2. The Kier molecular flexibility index (Phi) is 4.06. The molecule has 0 saturated heterocycles. The third-order valence-corrected chi connectivity index (χ3v) is 3.63. The number of carbonyl (C=O) groups is 2. The minimum absolute atomic E-state index is 0.0127. The van der Waals surface area contributed by atoms with Gasteiger partial charge in [-0.25, -0.2) is 8.78 Å². The van der Waals surface area contributed by atoms with Crippen molar-refractivity contribution in [2.24, 2.45) is 0 Å². The highest BCUT2D eigenvalue weighted by atomic mass is 19.2. The largest absolute Gasteiger partial charge is 0.326 e. The lowest BCUT2D eigenvalue weighted by Gasteiger charge is -2.17. The van der Waals surface area contributed by atoms with E-state index in [2.05, 4.69) is 10.6 Å². The van der Waals surface area contributed by atoms with E-state index in [-0.39, 0.29) is 23.9 Å². The summed E-state index contributed by atoms with van der Waals surface area (Å²) in [5, 5.41) is 5.31. The van der Waals surface area contributed by atoms with Gasteiger partial charge in [0.1, 0.15) is 0 Å². The zero-order chi connectivity index (χ0) is 16.4. The maximum Gasteiger partial charge on any atom is 0.228 e. The summed E-state index contributed by atoms with van der Waals surface area (Å²) in [6.07, 6.45) is 1.18. The van der Waals surface area contributed by atoms with Crippen LogP contribution in [0.1, 0.15) is 17.5 Å². The molecule has 4 nitrogen and oxygen atoms in total. The molecule has 0 radical (unpaired) electrons. The summed E-state index contributed by atoms with van der Waals surface area (Å²) < 4.78 is 26.0. The monoisotopic (exact) mass is 316 g/mol. The Labute approximate surface area is 131 Å². The van der Waals surface area contributed by atoms with Crippen LogP contribution in [0.3, 0.4) is 0 Å². The van der Waals surface area contributed by atoms with Gasteiger partial charge in [0.15, 0.2) is 11.6 Å². The molecule has 1 heterocycles. The van der Waals surface area contributed by atoms with Crippen LogP contribution in [0, 0.1) is 11.6 Å². The van der Waals surface area contributed by atoms with E-state index in [0.29, 0.717) is 12.8 Å². The molecule has 0 unspecified atom stereocenters. The number of fused-ring (bicyclic) bond motifs is 1. The Morgan fingerprint density at radius 3 is 2.70 bits per heavy atom. The first kappa shape index (κ1) is 15.1. The van der Waals surface area contributed by atoms with Crippen molar-refractivity contribution in [3.05, 3.63) is 59.2 Å². The van der Waals surface area contributed by atoms with Crippen LogP contribution in [0.2, 0.25) is 0 Å². The molecule has 0 aliphatic carbocycles. The Balaban J connectivity index is 1.68.